The van der Waals surface area contributed by atoms with Gasteiger partial charge in [0.25, 0.3) is 0 Å². The summed E-state index contributed by atoms with van der Waals surface area (Å²) in [5, 5.41) is 14.3. The number of aryl methyl sites for hydroxylation is 1. The molecule has 0 unspecified atom stereocenters. The number of aliphatic hydroxyl groups is 1. The maximum Gasteiger partial charge on any atom is 0.416 e. The van der Waals surface area contributed by atoms with E-state index in [2.05, 4.69) is 10.00 Å². The monoisotopic (exact) mass is 353 g/mol. The van der Waals surface area contributed by atoms with E-state index in [-0.39, 0.29) is 6.04 Å². The number of β-amino-alcohol motifs (C(OH)–C–C–N with tert-alkyl or cyclic N) is 1. The van der Waals surface area contributed by atoms with Gasteiger partial charge in [-0.3, -0.25) is 9.58 Å². The number of rotatable bonds is 5. The maximum absolute atomic E-state index is 13.0. The quantitative estimate of drug-likeness (QED) is 0.897. The van der Waals surface area contributed by atoms with E-state index in [1.807, 2.05) is 24.0 Å². The van der Waals surface area contributed by atoms with Crippen molar-refractivity contribution in [1.29, 1.82) is 0 Å². The number of aromatic nitrogens is 2. The van der Waals surface area contributed by atoms with Crippen LogP contribution in [0.2, 0.25) is 0 Å². The van der Waals surface area contributed by atoms with Crippen LogP contribution in [0.15, 0.2) is 36.7 Å². The zero-order valence-electron chi connectivity index (χ0n) is 14.1. The molecule has 0 aliphatic carbocycles. The van der Waals surface area contributed by atoms with E-state index in [4.69, 9.17) is 0 Å². The molecule has 3 rings (SSSR count). The van der Waals surface area contributed by atoms with Crippen molar-refractivity contribution in [1.82, 2.24) is 14.7 Å². The number of hydrogen-bond donors (Lipinski definition) is 1. The molecule has 2 heterocycles. The summed E-state index contributed by atoms with van der Waals surface area (Å²) in [4.78, 5) is 2.06. The molecule has 4 nitrogen and oxygen atoms in total. The van der Waals surface area contributed by atoms with Crippen molar-refractivity contribution in [3.05, 3.63) is 53.3 Å². The van der Waals surface area contributed by atoms with Crippen molar-refractivity contribution in [2.45, 2.75) is 44.6 Å². The average Bonchev–Trinajstić information content (AvgIpc) is 3.18. The number of nitrogens with zero attached hydrogens (tertiary/aromatic N) is 3. The first-order valence-electron chi connectivity index (χ1n) is 8.47. The Kier molecular flexibility index (Phi) is 5.15. The number of halogens is 3. The van der Waals surface area contributed by atoms with Gasteiger partial charge in [-0.15, -0.1) is 0 Å². The Morgan fingerprint density at radius 2 is 2.12 bits per heavy atom. The summed E-state index contributed by atoms with van der Waals surface area (Å²) in [6, 6.07) is 5.23. The molecule has 1 fully saturated rings. The highest BCUT2D eigenvalue weighted by Crippen LogP contribution is 2.36. The van der Waals surface area contributed by atoms with Crippen molar-refractivity contribution in [3.63, 3.8) is 0 Å². The van der Waals surface area contributed by atoms with Gasteiger partial charge in [-0.1, -0.05) is 12.1 Å². The van der Waals surface area contributed by atoms with E-state index in [1.165, 1.54) is 12.1 Å². The Bertz CT molecular complexity index is 714. The summed E-state index contributed by atoms with van der Waals surface area (Å²) >= 11 is 0. The lowest BCUT2D eigenvalue weighted by molar-refractivity contribution is -0.137. The summed E-state index contributed by atoms with van der Waals surface area (Å²) in [5.74, 6) is 0. The molecule has 0 radical (unpaired) electrons. The second-order valence-corrected chi connectivity index (χ2v) is 6.48. The van der Waals surface area contributed by atoms with E-state index in [0.29, 0.717) is 25.1 Å². The van der Waals surface area contributed by atoms with Gasteiger partial charge in [0.1, 0.15) is 0 Å². The van der Waals surface area contributed by atoms with E-state index in [1.54, 1.807) is 6.07 Å². The number of hydrogen-bond acceptors (Lipinski definition) is 3. The van der Waals surface area contributed by atoms with Crippen LogP contribution < -0.4 is 0 Å². The molecule has 2 atom stereocenters. The minimum atomic E-state index is -4.35. The van der Waals surface area contributed by atoms with Gasteiger partial charge in [0, 0.05) is 31.9 Å². The van der Waals surface area contributed by atoms with Crippen LogP contribution in [-0.2, 0) is 19.1 Å². The Labute approximate surface area is 144 Å². The molecule has 0 bridgehead atoms. The first kappa shape index (κ1) is 17.9. The molecule has 136 valence electrons. The molecule has 0 saturated carbocycles. The highest BCUT2D eigenvalue weighted by atomic mass is 19.4. The van der Waals surface area contributed by atoms with Crippen LogP contribution in [0.4, 0.5) is 13.2 Å². The smallest absolute Gasteiger partial charge is 0.392 e. The third-order valence-electron chi connectivity index (χ3n) is 4.68. The molecule has 1 aromatic heterocycles. The second kappa shape index (κ2) is 7.17. The Morgan fingerprint density at radius 1 is 1.32 bits per heavy atom. The molecule has 0 amide bonds. The molecular weight excluding hydrogens is 331 g/mol. The highest BCUT2D eigenvalue weighted by Gasteiger charge is 2.35. The molecule has 0 spiro atoms. The minimum absolute atomic E-state index is 0.196. The van der Waals surface area contributed by atoms with E-state index < -0.39 is 17.8 Å². The molecular formula is C18H22F3N3O. The predicted molar refractivity (Wildman–Crippen MR) is 88.0 cm³/mol. The van der Waals surface area contributed by atoms with Crippen LogP contribution in [0, 0.1) is 0 Å². The fraction of sp³-hybridized carbons (Fsp3) is 0.500. The topological polar surface area (TPSA) is 41.3 Å². The van der Waals surface area contributed by atoms with Crippen LogP contribution in [0.5, 0.6) is 0 Å². The number of aliphatic hydroxyl groups excluding tert-OH is 1. The van der Waals surface area contributed by atoms with Crippen LogP contribution in [-0.4, -0.2) is 39.0 Å². The van der Waals surface area contributed by atoms with Gasteiger partial charge in [-0.2, -0.15) is 18.3 Å². The lowest BCUT2D eigenvalue weighted by Gasteiger charge is -2.25. The van der Waals surface area contributed by atoms with Crippen LogP contribution in [0.3, 0.4) is 0 Å². The maximum atomic E-state index is 13.0. The summed E-state index contributed by atoms with van der Waals surface area (Å²) in [5.41, 5.74) is 1.05. The van der Waals surface area contributed by atoms with Crippen molar-refractivity contribution in [3.8, 4) is 0 Å². The fourth-order valence-corrected chi connectivity index (χ4v) is 3.38. The lowest BCUT2D eigenvalue weighted by atomic mass is 10.0. The van der Waals surface area contributed by atoms with Gasteiger partial charge in [-0.05, 0) is 43.0 Å². The van der Waals surface area contributed by atoms with Crippen molar-refractivity contribution >= 4 is 0 Å². The van der Waals surface area contributed by atoms with Crippen LogP contribution >= 0.6 is 0 Å². The second-order valence-electron chi connectivity index (χ2n) is 6.48. The molecule has 2 aromatic rings. The lowest BCUT2D eigenvalue weighted by Crippen LogP contribution is -2.27. The van der Waals surface area contributed by atoms with Gasteiger partial charge in [0.15, 0.2) is 0 Å². The predicted octanol–water partition coefficient (Wildman–Crippen LogP) is 3.27. The SMILES string of the molecule is CCn1cc(CCN2C[C@H](O)C[C@@H]2c2cccc(C(F)(F)F)c2)cn1. The highest BCUT2D eigenvalue weighted by molar-refractivity contribution is 5.29. The molecule has 1 saturated heterocycles. The standard InChI is InChI=1S/C18H22F3N3O/c1-2-24-11-13(10-22-24)6-7-23-12-16(25)9-17(23)14-4-3-5-15(8-14)18(19,20)21/h3-5,8,10-11,16-17,25H,2,6-7,9,12H2,1H3/t16-,17-/m1/s1. The Morgan fingerprint density at radius 3 is 2.80 bits per heavy atom. The molecule has 1 aliphatic heterocycles. The minimum Gasteiger partial charge on any atom is -0.392 e. The van der Waals surface area contributed by atoms with Gasteiger partial charge in [-0.25, -0.2) is 0 Å². The Hall–Kier alpha value is -1.86. The third kappa shape index (κ3) is 4.22. The largest absolute Gasteiger partial charge is 0.416 e. The fourth-order valence-electron chi connectivity index (χ4n) is 3.38. The Balaban J connectivity index is 1.73. The zero-order chi connectivity index (χ0) is 18.0. The van der Waals surface area contributed by atoms with Gasteiger partial charge < -0.3 is 5.11 Å². The number of likely N-dealkylation sites (tertiary alicyclic amines) is 1. The summed E-state index contributed by atoms with van der Waals surface area (Å²) < 4.78 is 40.7. The van der Waals surface area contributed by atoms with Crippen molar-refractivity contribution in [2.24, 2.45) is 0 Å². The normalized spacial score (nSPS) is 21.8. The third-order valence-corrected chi connectivity index (χ3v) is 4.68. The van der Waals surface area contributed by atoms with E-state index in [0.717, 1.165) is 24.6 Å². The van der Waals surface area contributed by atoms with Gasteiger partial charge in [0.05, 0.1) is 17.9 Å². The average molecular weight is 353 g/mol. The van der Waals surface area contributed by atoms with Crippen molar-refractivity contribution in [2.75, 3.05) is 13.1 Å². The van der Waals surface area contributed by atoms with Crippen LogP contribution in [0.25, 0.3) is 0 Å². The summed E-state index contributed by atoms with van der Waals surface area (Å²) in [6.07, 6.45) is 0.129. The van der Waals surface area contributed by atoms with E-state index in [9.17, 15) is 18.3 Å². The van der Waals surface area contributed by atoms with E-state index >= 15 is 0 Å². The van der Waals surface area contributed by atoms with Crippen LogP contribution in [0.1, 0.15) is 36.1 Å². The zero-order valence-corrected chi connectivity index (χ0v) is 14.1. The molecule has 1 aromatic carbocycles. The first-order chi connectivity index (χ1) is 11.9. The summed E-state index contributed by atoms with van der Waals surface area (Å²) in [6.45, 7) is 3.96. The van der Waals surface area contributed by atoms with Gasteiger partial charge in [0.2, 0.25) is 0 Å². The molecule has 7 heteroatoms. The number of benzene rings is 1. The molecule has 1 aliphatic rings. The number of alkyl halides is 3. The van der Waals surface area contributed by atoms with Crippen molar-refractivity contribution < 1.29 is 18.3 Å². The summed E-state index contributed by atoms with van der Waals surface area (Å²) in [7, 11) is 0. The molecule has 25 heavy (non-hydrogen) atoms. The molecule has 1 N–H and O–H groups in total. The van der Waals surface area contributed by atoms with Gasteiger partial charge >= 0.3 is 6.18 Å². The first-order valence-corrected chi connectivity index (χ1v) is 8.47.